The first kappa shape index (κ1) is 12.4. The number of aromatic nitrogens is 2. The van der Waals surface area contributed by atoms with Crippen LogP contribution in [0.5, 0.6) is 0 Å². The van der Waals surface area contributed by atoms with Crippen LogP contribution in [0.25, 0.3) is 0 Å². The van der Waals surface area contributed by atoms with Crippen molar-refractivity contribution in [2.75, 3.05) is 0 Å². The first-order chi connectivity index (χ1) is 8.50. The van der Waals surface area contributed by atoms with Crippen molar-refractivity contribution in [1.82, 2.24) is 15.5 Å². The van der Waals surface area contributed by atoms with Crippen LogP contribution < -0.4 is 5.32 Å². The molecule has 0 spiro atoms. The standard InChI is InChI=1S/C13H17N3O2/c1-7-6-18-10(4)12(7)13(17)14-5-11-8(2)15-16-9(11)3/h6H,5H2,1-4H3,(H,14,17)(H,15,16). The summed E-state index contributed by atoms with van der Waals surface area (Å²) in [5, 5.41) is 9.89. The highest BCUT2D eigenvalue weighted by Crippen LogP contribution is 2.16. The van der Waals surface area contributed by atoms with E-state index in [-0.39, 0.29) is 5.91 Å². The van der Waals surface area contributed by atoms with Gasteiger partial charge in [-0.25, -0.2) is 0 Å². The SMILES string of the molecule is Cc1coc(C)c1C(=O)NCc1c(C)n[nH]c1C. The Labute approximate surface area is 106 Å². The zero-order valence-electron chi connectivity index (χ0n) is 11.0. The largest absolute Gasteiger partial charge is 0.469 e. The van der Waals surface area contributed by atoms with Crippen LogP contribution in [0, 0.1) is 27.7 Å². The van der Waals surface area contributed by atoms with Crippen LogP contribution in [-0.2, 0) is 6.54 Å². The van der Waals surface area contributed by atoms with Gasteiger partial charge in [-0.05, 0) is 27.7 Å². The first-order valence-corrected chi connectivity index (χ1v) is 5.84. The van der Waals surface area contributed by atoms with Gasteiger partial charge < -0.3 is 9.73 Å². The lowest BCUT2D eigenvalue weighted by Gasteiger charge is -2.05. The van der Waals surface area contributed by atoms with Crippen LogP contribution in [0.1, 0.15) is 38.6 Å². The van der Waals surface area contributed by atoms with Gasteiger partial charge in [0.05, 0.1) is 17.5 Å². The summed E-state index contributed by atoms with van der Waals surface area (Å²) >= 11 is 0. The van der Waals surface area contributed by atoms with E-state index in [1.165, 1.54) is 0 Å². The van der Waals surface area contributed by atoms with Gasteiger partial charge in [0.15, 0.2) is 0 Å². The van der Waals surface area contributed by atoms with E-state index in [0.29, 0.717) is 17.9 Å². The molecular weight excluding hydrogens is 230 g/mol. The Hall–Kier alpha value is -2.04. The number of carbonyl (C=O) groups excluding carboxylic acids is 1. The van der Waals surface area contributed by atoms with Crippen molar-refractivity contribution < 1.29 is 9.21 Å². The van der Waals surface area contributed by atoms with Crippen molar-refractivity contribution in [1.29, 1.82) is 0 Å². The van der Waals surface area contributed by atoms with Crippen molar-refractivity contribution in [3.8, 4) is 0 Å². The number of nitrogens with one attached hydrogen (secondary N) is 2. The van der Waals surface area contributed by atoms with Crippen LogP contribution in [0.15, 0.2) is 10.7 Å². The molecule has 0 aromatic carbocycles. The van der Waals surface area contributed by atoms with Gasteiger partial charge in [-0.3, -0.25) is 9.89 Å². The zero-order valence-corrected chi connectivity index (χ0v) is 11.0. The minimum absolute atomic E-state index is 0.112. The van der Waals surface area contributed by atoms with Crippen molar-refractivity contribution >= 4 is 5.91 Å². The second-order valence-electron chi connectivity index (χ2n) is 4.45. The maximum Gasteiger partial charge on any atom is 0.255 e. The van der Waals surface area contributed by atoms with Crippen molar-refractivity contribution in [3.05, 3.63) is 40.1 Å². The number of aryl methyl sites for hydroxylation is 4. The highest BCUT2D eigenvalue weighted by Gasteiger charge is 2.16. The van der Waals surface area contributed by atoms with Crippen LogP contribution in [0.2, 0.25) is 0 Å². The molecule has 2 N–H and O–H groups in total. The average Bonchev–Trinajstić information content (AvgIpc) is 2.81. The van der Waals surface area contributed by atoms with Gasteiger partial charge in [0.1, 0.15) is 5.76 Å². The molecule has 0 unspecified atom stereocenters. The maximum absolute atomic E-state index is 12.1. The lowest BCUT2D eigenvalue weighted by atomic mass is 10.1. The molecule has 0 radical (unpaired) electrons. The molecule has 2 heterocycles. The summed E-state index contributed by atoms with van der Waals surface area (Å²) in [7, 11) is 0. The first-order valence-electron chi connectivity index (χ1n) is 5.84. The van der Waals surface area contributed by atoms with E-state index < -0.39 is 0 Å². The Morgan fingerprint density at radius 3 is 2.61 bits per heavy atom. The van der Waals surface area contributed by atoms with Crippen LogP contribution in [0.4, 0.5) is 0 Å². The molecule has 0 bridgehead atoms. The van der Waals surface area contributed by atoms with Crippen LogP contribution in [0.3, 0.4) is 0 Å². The fourth-order valence-corrected chi connectivity index (χ4v) is 2.00. The van der Waals surface area contributed by atoms with Gasteiger partial charge >= 0.3 is 0 Å². The fourth-order valence-electron chi connectivity index (χ4n) is 2.00. The second kappa shape index (κ2) is 4.68. The van der Waals surface area contributed by atoms with Gasteiger partial charge in [0.25, 0.3) is 5.91 Å². The lowest BCUT2D eigenvalue weighted by molar-refractivity contribution is 0.0949. The molecule has 0 aliphatic rings. The predicted molar refractivity (Wildman–Crippen MR) is 67.4 cm³/mol. The summed E-state index contributed by atoms with van der Waals surface area (Å²) in [6.07, 6.45) is 1.60. The number of aromatic amines is 1. The van der Waals surface area contributed by atoms with Crippen molar-refractivity contribution in [2.45, 2.75) is 34.2 Å². The molecule has 2 aromatic rings. The summed E-state index contributed by atoms with van der Waals surface area (Å²) in [5.74, 6) is 0.532. The number of H-pyrrole nitrogens is 1. The lowest BCUT2D eigenvalue weighted by Crippen LogP contribution is -2.24. The smallest absolute Gasteiger partial charge is 0.255 e. The molecular formula is C13H17N3O2. The monoisotopic (exact) mass is 247 g/mol. The van der Waals surface area contributed by atoms with E-state index in [0.717, 1.165) is 22.5 Å². The van der Waals surface area contributed by atoms with E-state index in [1.54, 1.807) is 13.2 Å². The third-order valence-electron chi connectivity index (χ3n) is 3.09. The molecule has 2 rings (SSSR count). The summed E-state index contributed by atoms with van der Waals surface area (Å²) < 4.78 is 5.22. The Morgan fingerprint density at radius 2 is 2.11 bits per heavy atom. The summed E-state index contributed by atoms with van der Waals surface area (Å²) in [6, 6.07) is 0. The van der Waals surface area contributed by atoms with Gasteiger partial charge in [-0.2, -0.15) is 5.10 Å². The van der Waals surface area contributed by atoms with E-state index in [1.807, 2.05) is 20.8 Å². The highest BCUT2D eigenvalue weighted by molar-refractivity contribution is 5.96. The van der Waals surface area contributed by atoms with Crippen molar-refractivity contribution in [2.24, 2.45) is 0 Å². The molecule has 5 heteroatoms. The molecule has 0 saturated carbocycles. The van der Waals surface area contributed by atoms with Gasteiger partial charge in [-0.15, -0.1) is 0 Å². The second-order valence-corrected chi connectivity index (χ2v) is 4.45. The fraction of sp³-hybridized carbons (Fsp3) is 0.385. The number of hydrogen-bond acceptors (Lipinski definition) is 3. The molecule has 0 atom stereocenters. The third-order valence-corrected chi connectivity index (χ3v) is 3.09. The molecule has 5 nitrogen and oxygen atoms in total. The molecule has 2 aromatic heterocycles. The van der Waals surface area contributed by atoms with E-state index >= 15 is 0 Å². The molecule has 0 aliphatic carbocycles. The predicted octanol–water partition coefficient (Wildman–Crippen LogP) is 2.17. The van der Waals surface area contributed by atoms with E-state index in [2.05, 4.69) is 15.5 Å². The third kappa shape index (κ3) is 2.16. The number of hydrogen-bond donors (Lipinski definition) is 2. The summed E-state index contributed by atoms with van der Waals surface area (Å²) in [6.45, 7) is 7.97. The molecule has 0 saturated heterocycles. The maximum atomic E-state index is 12.1. The Balaban J connectivity index is 2.10. The molecule has 0 aliphatic heterocycles. The molecule has 96 valence electrons. The van der Waals surface area contributed by atoms with E-state index in [9.17, 15) is 4.79 Å². The van der Waals surface area contributed by atoms with Gasteiger partial charge in [0.2, 0.25) is 0 Å². The molecule has 0 fully saturated rings. The topological polar surface area (TPSA) is 70.9 Å². The number of furan rings is 1. The van der Waals surface area contributed by atoms with Crippen LogP contribution >= 0.6 is 0 Å². The summed E-state index contributed by atoms with van der Waals surface area (Å²) in [5.41, 5.74) is 4.39. The quantitative estimate of drug-likeness (QED) is 0.873. The summed E-state index contributed by atoms with van der Waals surface area (Å²) in [4.78, 5) is 12.1. The average molecular weight is 247 g/mol. The van der Waals surface area contributed by atoms with Gasteiger partial charge in [-0.1, -0.05) is 0 Å². The number of rotatable bonds is 3. The number of carbonyl (C=O) groups is 1. The number of nitrogens with zero attached hydrogens (tertiary/aromatic N) is 1. The minimum atomic E-state index is -0.112. The Morgan fingerprint density at radius 1 is 1.39 bits per heavy atom. The van der Waals surface area contributed by atoms with Crippen LogP contribution in [-0.4, -0.2) is 16.1 Å². The number of amides is 1. The molecule has 18 heavy (non-hydrogen) atoms. The van der Waals surface area contributed by atoms with Crippen molar-refractivity contribution in [3.63, 3.8) is 0 Å². The Kier molecular flexibility index (Phi) is 3.23. The zero-order chi connectivity index (χ0) is 13.3. The minimum Gasteiger partial charge on any atom is -0.469 e. The molecule has 1 amide bonds. The normalized spacial score (nSPS) is 10.7. The van der Waals surface area contributed by atoms with E-state index in [4.69, 9.17) is 4.42 Å². The van der Waals surface area contributed by atoms with Gasteiger partial charge in [0, 0.05) is 23.4 Å². The highest BCUT2D eigenvalue weighted by atomic mass is 16.3. The Bertz CT molecular complexity index is 542.